The largest absolute Gasteiger partial charge is 0.480 e. The number of ether oxygens (including phenoxy) is 1. The van der Waals surface area contributed by atoms with E-state index in [9.17, 15) is 31.5 Å². The maximum atomic E-state index is 14.4. The van der Waals surface area contributed by atoms with Gasteiger partial charge in [-0.3, -0.25) is 9.59 Å². The van der Waals surface area contributed by atoms with Gasteiger partial charge in [-0.05, 0) is 25.1 Å². The molecule has 162 valence electrons. The van der Waals surface area contributed by atoms with Gasteiger partial charge in [0.2, 0.25) is 5.91 Å². The van der Waals surface area contributed by atoms with Gasteiger partial charge in [-0.25, -0.2) is 8.78 Å². The molecule has 0 radical (unpaired) electrons. The highest BCUT2D eigenvalue weighted by atomic mass is 35.5. The Bertz CT molecular complexity index is 946. The lowest BCUT2D eigenvalue weighted by Crippen LogP contribution is -2.32. The number of halogens is 6. The zero-order valence-corrected chi connectivity index (χ0v) is 16.4. The van der Waals surface area contributed by atoms with Crippen LogP contribution in [-0.2, 0) is 4.79 Å². The number of carbonyl (C=O) groups excluding carboxylic acids is 2. The number of carbonyl (C=O) groups is 2. The van der Waals surface area contributed by atoms with Crippen molar-refractivity contribution in [3.63, 3.8) is 0 Å². The van der Waals surface area contributed by atoms with E-state index in [1.807, 2.05) is 0 Å². The lowest BCUT2D eigenvalue weighted by molar-refractivity contribution is -0.189. The van der Waals surface area contributed by atoms with E-state index in [1.165, 1.54) is 19.1 Å². The molecule has 2 amide bonds. The molecule has 0 aromatic heterocycles. The average Bonchev–Trinajstić information content (AvgIpc) is 2.66. The standard InChI is InChI=1S/C19H16ClF5N2O3/c1-3-16(28)26-14-8-15(30-9(2)19(23,24)25)10(7-13(14)22)18(29)27-17-11(20)5-4-6-12(17)21/h4-9H,3H2,1-2H3,(H,26,28)(H,27,29)/t9-/m0/s1. The Morgan fingerprint density at radius 1 is 1.13 bits per heavy atom. The minimum atomic E-state index is -4.79. The molecular formula is C19H16ClF5N2O3. The van der Waals surface area contributed by atoms with Crippen LogP contribution in [-0.4, -0.2) is 24.1 Å². The Morgan fingerprint density at radius 3 is 2.37 bits per heavy atom. The van der Waals surface area contributed by atoms with Gasteiger partial charge in [0.15, 0.2) is 6.10 Å². The Kier molecular flexibility index (Phi) is 7.25. The van der Waals surface area contributed by atoms with Crippen molar-refractivity contribution in [2.24, 2.45) is 0 Å². The summed E-state index contributed by atoms with van der Waals surface area (Å²) in [6.07, 6.45) is -7.17. The minimum Gasteiger partial charge on any atom is -0.480 e. The van der Waals surface area contributed by atoms with Gasteiger partial charge in [0.1, 0.15) is 17.4 Å². The predicted molar refractivity (Wildman–Crippen MR) is 101 cm³/mol. The van der Waals surface area contributed by atoms with Crippen molar-refractivity contribution in [1.82, 2.24) is 0 Å². The quantitative estimate of drug-likeness (QED) is 0.567. The molecule has 5 nitrogen and oxygen atoms in total. The van der Waals surface area contributed by atoms with Crippen LogP contribution in [0.5, 0.6) is 5.75 Å². The van der Waals surface area contributed by atoms with Crippen molar-refractivity contribution in [2.45, 2.75) is 32.5 Å². The van der Waals surface area contributed by atoms with E-state index >= 15 is 0 Å². The van der Waals surface area contributed by atoms with Crippen molar-refractivity contribution < 1.29 is 36.3 Å². The summed E-state index contributed by atoms with van der Waals surface area (Å²) in [7, 11) is 0. The fraction of sp³-hybridized carbons (Fsp3) is 0.263. The number of benzene rings is 2. The third kappa shape index (κ3) is 5.59. The molecule has 0 bridgehead atoms. The van der Waals surface area contributed by atoms with Crippen molar-refractivity contribution in [2.75, 3.05) is 10.6 Å². The predicted octanol–water partition coefficient (Wildman–Crippen LogP) is 5.55. The highest BCUT2D eigenvalue weighted by Gasteiger charge is 2.39. The van der Waals surface area contributed by atoms with Crippen LogP contribution < -0.4 is 15.4 Å². The first kappa shape index (κ1) is 23.4. The number of anilines is 2. The molecule has 0 unspecified atom stereocenters. The first-order valence-corrected chi connectivity index (χ1v) is 8.94. The van der Waals surface area contributed by atoms with Crippen molar-refractivity contribution >= 4 is 34.8 Å². The summed E-state index contributed by atoms with van der Waals surface area (Å²) in [5.74, 6) is -4.46. The molecule has 0 heterocycles. The molecule has 0 saturated carbocycles. The van der Waals surface area contributed by atoms with Gasteiger partial charge in [0.25, 0.3) is 5.91 Å². The van der Waals surface area contributed by atoms with Gasteiger partial charge in [0, 0.05) is 12.5 Å². The van der Waals surface area contributed by atoms with Crippen molar-refractivity contribution in [1.29, 1.82) is 0 Å². The summed E-state index contributed by atoms with van der Waals surface area (Å²) >= 11 is 5.82. The maximum absolute atomic E-state index is 14.4. The first-order valence-electron chi connectivity index (χ1n) is 8.56. The van der Waals surface area contributed by atoms with E-state index in [-0.39, 0.29) is 11.4 Å². The molecule has 0 aliphatic carbocycles. The summed E-state index contributed by atoms with van der Waals surface area (Å²) in [5.41, 5.74) is -1.58. The molecule has 2 N–H and O–H groups in total. The lowest BCUT2D eigenvalue weighted by atomic mass is 10.1. The molecule has 11 heteroatoms. The fourth-order valence-electron chi connectivity index (χ4n) is 2.22. The molecular weight excluding hydrogens is 435 g/mol. The number of amides is 2. The van der Waals surface area contributed by atoms with Crippen LogP contribution in [0.3, 0.4) is 0 Å². The Hall–Kier alpha value is -2.88. The third-order valence-electron chi connectivity index (χ3n) is 3.88. The first-order chi connectivity index (χ1) is 13.9. The molecule has 0 fully saturated rings. The van der Waals surface area contributed by atoms with Gasteiger partial charge >= 0.3 is 6.18 Å². The van der Waals surface area contributed by atoms with E-state index < -0.39 is 58.4 Å². The van der Waals surface area contributed by atoms with Crippen molar-refractivity contribution in [3.05, 3.63) is 52.6 Å². The summed E-state index contributed by atoms with van der Waals surface area (Å²) in [6, 6.07) is 4.87. The molecule has 30 heavy (non-hydrogen) atoms. The molecule has 2 aromatic carbocycles. The van der Waals surface area contributed by atoms with Crippen LogP contribution in [0.1, 0.15) is 30.6 Å². The van der Waals surface area contributed by atoms with E-state index in [0.29, 0.717) is 13.0 Å². The maximum Gasteiger partial charge on any atom is 0.425 e. The van der Waals surface area contributed by atoms with Crippen LogP contribution in [0.4, 0.5) is 33.3 Å². The summed E-state index contributed by atoms with van der Waals surface area (Å²) in [6.45, 7) is 2.17. The lowest BCUT2D eigenvalue weighted by Gasteiger charge is -2.21. The summed E-state index contributed by atoms with van der Waals surface area (Å²) < 4.78 is 71.9. The average molecular weight is 451 g/mol. The van der Waals surface area contributed by atoms with Crippen molar-refractivity contribution in [3.8, 4) is 5.75 Å². The summed E-state index contributed by atoms with van der Waals surface area (Å²) in [4.78, 5) is 24.1. The second kappa shape index (κ2) is 9.29. The molecule has 2 aromatic rings. The molecule has 0 saturated heterocycles. The monoisotopic (exact) mass is 450 g/mol. The van der Waals surface area contributed by atoms with E-state index in [4.69, 9.17) is 16.3 Å². The zero-order valence-electron chi connectivity index (χ0n) is 15.7. The summed E-state index contributed by atoms with van der Waals surface area (Å²) in [5, 5.41) is 4.06. The zero-order chi connectivity index (χ0) is 22.6. The number of nitrogens with one attached hydrogen (secondary N) is 2. The fourth-order valence-corrected chi connectivity index (χ4v) is 2.43. The minimum absolute atomic E-state index is 0.0252. The second-order valence-electron chi connectivity index (χ2n) is 6.08. The molecule has 2 rings (SSSR count). The van der Waals surface area contributed by atoms with E-state index in [0.717, 1.165) is 12.1 Å². The van der Waals surface area contributed by atoms with Crippen LogP contribution in [0, 0.1) is 11.6 Å². The second-order valence-corrected chi connectivity index (χ2v) is 6.49. The third-order valence-corrected chi connectivity index (χ3v) is 4.19. The van der Waals surface area contributed by atoms with Gasteiger partial charge in [-0.15, -0.1) is 0 Å². The normalized spacial score (nSPS) is 12.3. The number of alkyl halides is 3. The number of hydrogen-bond donors (Lipinski definition) is 2. The van der Waals surface area contributed by atoms with Crippen LogP contribution in [0.15, 0.2) is 30.3 Å². The Labute approximate surface area is 173 Å². The number of rotatable bonds is 6. The molecule has 0 aliphatic heterocycles. The van der Waals surface area contributed by atoms with Crippen LogP contribution >= 0.6 is 11.6 Å². The molecule has 0 aliphatic rings. The van der Waals surface area contributed by atoms with E-state index in [2.05, 4.69) is 10.6 Å². The number of hydrogen-bond acceptors (Lipinski definition) is 3. The molecule has 0 spiro atoms. The molecule has 1 atom stereocenters. The van der Waals surface area contributed by atoms with Gasteiger partial charge in [0.05, 0.1) is 22.0 Å². The van der Waals surface area contributed by atoms with Crippen LogP contribution in [0.2, 0.25) is 5.02 Å². The van der Waals surface area contributed by atoms with E-state index in [1.54, 1.807) is 0 Å². The Balaban J connectivity index is 2.48. The highest BCUT2D eigenvalue weighted by molar-refractivity contribution is 6.34. The van der Waals surface area contributed by atoms with Crippen LogP contribution in [0.25, 0.3) is 0 Å². The van der Waals surface area contributed by atoms with Gasteiger partial charge in [-0.2, -0.15) is 13.2 Å². The smallest absolute Gasteiger partial charge is 0.425 e. The Morgan fingerprint density at radius 2 is 1.80 bits per heavy atom. The van der Waals surface area contributed by atoms with Gasteiger partial charge < -0.3 is 15.4 Å². The SMILES string of the molecule is CCC(=O)Nc1cc(O[C@@H](C)C(F)(F)F)c(C(=O)Nc2c(F)cccc2Cl)cc1F. The topological polar surface area (TPSA) is 67.4 Å². The van der Waals surface area contributed by atoms with Gasteiger partial charge in [-0.1, -0.05) is 24.6 Å². The number of para-hydroxylation sites is 1. The highest BCUT2D eigenvalue weighted by Crippen LogP contribution is 2.33.